The van der Waals surface area contributed by atoms with Gasteiger partial charge in [0.2, 0.25) is 5.91 Å². The predicted molar refractivity (Wildman–Crippen MR) is 116 cm³/mol. The van der Waals surface area contributed by atoms with Crippen LogP contribution in [0.5, 0.6) is 5.75 Å². The molecule has 1 atom stereocenters. The van der Waals surface area contributed by atoms with Crippen molar-refractivity contribution < 1.29 is 19.1 Å². The number of nitrogens with one attached hydrogen (secondary N) is 1. The first-order valence-electron chi connectivity index (χ1n) is 9.83. The van der Waals surface area contributed by atoms with E-state index in [1.54, 1.807) is 37.3 Å². The number of nitrogen functional groups attached to an aromatic ring is 1. The van der Waals surface area contributed by atoms with Gasteiger partial charge in [-0.2, -0.15) is 0 Å². The van der Waals surface area contributed by atoms with Gasteiger partial charge in [-0.1, -0.05) is 18.6 Å². The number of carbonyl (C=O) groups is 2. The minimum atomic E-state index is -0.840. The normalized spacial score (nSPS) is 11.8. The molecular weight excluding hydrogens is 402 g/mol. The van der Waals surface area contributed by atoms with Gasteiger partial charge in [0, 0.05) is 0 Å². The number of carbonyl (C=O) groups excluding carboxylic acids is 2. The number of pyridine rings is 1. The maximum absolute atomic E-state index is 12.1. The number of hydrogen-bond acceptors (Lipinski definition) is 10. The zero-order valence-corrected chi connectivity index (χ0v) is 17.3. The summed E-state index contributed by atoms with van der Waals surface area (Å²) in [6.45, 7) is 2.42. The van der Waals surface area contributed by atoms with Crippen molar-refractivity contribution in [3.05, 3.63) is 36.4 Å². The number of nitrogens with two attached hydrogens (primary N) is 3. The highest BCUT2D eigenvalue weighted by molar-refractivity contribution is 5.94. The van der Waals surface area contributed by atoms with E-state index in [1.807, 2.05) is 0 Å². The van der Waals surface area contributed by atoms with Crippen LogP contribution in [0.3, 0.4) is 0 Å². The number of nitrogens with zero attached hydrogens (tertiary/aromatic N) is 3. The van der Waals surface area contributed by atoms with E-state index in [4.69, 9.17) is 26.7 Å². The van der Waals surface area contributed by atoms with Crippen LogP contribution in [0.1, 0.15) is 26.2 Å². The molecule has 0 bridgehead atoms. The summed E-state index contributed by atoms with van der Waals surface area (Å²) in [5.41, 5.74) is 17.8. The smallest absolute Gasteiger partial charge is 0.434 e. The molecule has 0 aliphatic rings. The molecule has 0 fully saturated rings. The Bertz CT molecular complexity index is 920. The molecule has 0 aliphatic carbocycles. The summed E-state index contributed by atoms with van der Waals surface area (Å²) in [4.78, 5) is 27.8. The largest absolute Gasteiger partial charge is 0.513 e. The number of azo groups is 1. The Balaban J connectivity index is 2.05. The second-order valence-corrected chi connectivity index (χ2v) is 6.43. The number of rotatable bonds is 10. The number of ether oxygens (including phenoxy) is 2. The number of amides is 1. The summed E-state index contributed by atoms with van der Waals surface area (Å²) >= 11 is 0. The molecular formula is C20H27N7O4. The lowest BCUT2D eigenvalue weighted by atomic mass is 10.1. The molecule has 0 saturated carbocycles. The fraction of sp³-hybridized carbons (Fsp3) is 0.350. The lowest BCUT2D eigenvalue weighted by Crippen LogP contribution is -2.35. The van der Waals surface area contributed by atoms with Crippen molar-refractivity contribution in [3.63, 3.8) is 0 Å². The van der Waals surface area contributed by atoms with E-state index < -0.39 is 12.2 Å². The quantitative estimate of drug-likeness (QED) is 0.192. The fourth-order valence-corrected chi connectivity index (χ4v) is 2.45. The molecule has 0 unspecified atom stereocenters. The summed E-state index contributed by atoms with van der Waals surface area (Å²) in [5, 5.41) is 10.7. The number of benzene rings is 1. The Morgan fingerprint density at radius 3 is 2.58 bits per heavy atom. The molecule has 166 valence electrons. The first-order chi connectivity index (χ1) is 14.9. The second kappa shape index (κ2) is 12.2. The van der Waals surface area contributed by atoms with Gasteiger partial charge in [0.1, 0.15) is 17.2 Å². The molecule has 0 aliphatic heterocycles. The molecule has 1 heterocycles. The van der Waals surface area contributed by atoms with Crippen molar-refractivity contribution in [1.29, 1.82) is 0 Å². The van der Waals surface area contributed by atoms with Gasteiger partial charge in [0.25, 0.3) is 0 Å². The van der Waals surface area contributed by atoms with E-state index in [0.717, 1.165) is 12.8 Å². The van der Waals surface area contributed by atoms with Gasteiger partial charge in [-0.05, 0) is 50.6 Å². The molecule has 0 radical (unpaired) electrons. The van der Waals surface area contributed by atoms with Crippen LogP contribution in [0.25, 0.3) is 0 Å². The summed E-state index contributed by atoms with van der Waals surface area (Å²) in [7, 11) is 0. The molecule has 11 heteroatoms. The first kappa shape index (κ1) is 23.7. The summed E-state index contributed by atoms with van der Waals surface area (Å²) in [5.74, 6) is 0.135. The van der Waals surface area contributed by atoms with Crippen LogP contribution < -0.4 is 27.3 Å². The van der Waals surface area contributed by atoms with Gasteiger partial charge in [0.15, 0.2) is 11.6 Å². The number of para-hydroxylation sites is 1. The van der Waals surface area contributed by atoms with Gasteiger partial charge in [0.05, 0.1) is 12.6 Å². The van der Waals surface area contributed by atoms with Gasteiger partial charge in [-0.25, -0.2) is 9.78 Å². The van der Waals surface area contributed by atoms with E-state index in [2.05, 4.69) is 20.5 Å². The fourth-order valence-electron chi connectivity index (χ4n) is 2.45. The molecule has 2 aromatic rings. The lowest BCUT2D eigenvalue weighted by molar-refractivity contribution is -0.117. The Kier molecular flexibility index (Phi) is 9.33. The van der Waals surface area contributed by atoms with E-state index in [1.165, 1.54) is 6.07 Å². The average Bonchev–Trinajstić information content (AvgIpc) is 2.74. The number of anilines is 2. The van der Waals surface area contributed by atoms with Crippen molar-refractivity contribution in [2.24, 2.45) is 21.7 Å². The zero-order chi connectivity index (χ0) is 22.6. The molecule has 1 aromatic carbocycles. The molecule has 1 amide bonds. The maximum Gasteiger partial charge on any atom is 0.513 e. The van der Waals surface area contributed by atoms with Crippen molar-refractivity contribution in [2.75, 3.05) is 24.2 Å². The van der Waals surface area contributed by atoms with Crippen LogP contribution in [0.2, 0.25) is 0 Å². The minimum absolute atomic E-state index is 0.0574. The third kappa shape index (κ3) is 7.64. The molecule has 2 rings (SSSR count). The third-order valence-electron chi connectivity index (χ3n) is 4.05. The maximum atomic E-state index is 12.1. The third-order valence-corrected chi connectivity index (χ3v) is 4.05. The van der Waals surface area contributed by atoms with Gasteiger partial charge >= 0.3 is 6.16 Å². The van der Waals surface area contributed by atoms with E-state index >= 15 is 0 Å². The Morgan fingerprint density at radius 2 is 1.87 bits per heavy atom. The van der Waals surface area contributed by atoms with E-state index in [9.17, 15) is 9.59 Å². The minimum Gasteiger partial charge on any atom is -0.434 e. The molecule has 0 spiro atoms. The summed E-state index contributed by atoms with van der Waals surface area (Å²) in [6, 6.07) is 8.99. The van der Waals surface area contributed by atoms with Gasteiger partial charge < -0.3 is 32.0 Å². The Labute approximate surface area is 180 Å². The SMILES string of the molecule is CCOC(=O)Oc1ccccc1/N=N/c1ccc(NC(=O)[C@@H](N)CCCCN)nc1N. The zero-order valence-electron chi connectivity index (χ0n) is 17.3. The van der Waals surface area contributed by atoms with Crippen molar-refractivity contribution in [1.82, 2.24) is 4.98 Å². The number of unbranched alkanes of at least 4 members (excludes halogenated alkanes) is 1. The van der Waals surface area contributed by atoms with Crippen LogP contribution in [-0.4, -0.2) is 36.2 Å². The summed E-state index contributed by atoms with van der Waals surface area (Å²) in [6.07, 6.45) is 1.26. The molecule has 11 nitrogen and oxygen atoms in total. The highest BCUT2D eigenvalue weighted by Gasteiger charge is 2.14. The topological polar surface area (TPSA) is 180 Å². The van der Waals surface area contributed by atoms with Gasteiger partial charge in [-0.3, -0.25) is 4.79 Å². The van der Waals surface area contributed by atoms with Crippen LogP contribution in [0.4, 0.5) is 27.8 Å². The average molecular weight is 429 g/mol. The van der Waals surface area contributed by atoms with E-state index in [0.29, 0.717) is 18.7 Å². The first-order valence-corrected chi connectivity index (χ1v) is 9.83. The number of aromatic nitrogens is 1. The van der Waals surface area contributed by atoms with Crippen molar-refractivity contribution >= 4 is 35.1 Å². The van der Waals surface area contributed by atoms with Crippen LogP contribution >= 0.6 is 0 Å². The van der Waals surface area contributed by atoms with Crippen molar-refractivity contribution in [2.45, 2.75) is 32.2 Å². The Morgan fingerprint density at radius 1 is 1.13 bits per heavy atom. The molecule has 0 saturated heterocycles. The lowest BCUT2D eigenvalue weighted by Gasteiger charge is -2.12. The molecule has 1 aromatic heterocycles. The predicted octanol–water partition coefficient (Wildman–Crippen LogP) is 3.01. The highest BCUT2D eigenvalue weighted by atomic mass is 16.7. The molecule has 31 heavy (non-hydrogen) atoms. The van der Waals surface area contributed by atoms with Gasteiger partial charge in [-0.15, -0.1) is 10.2 Å². The van der Waals surface area contributed by atoms with Crippen LogP contribution in [-0.2, 0) is 9.53 Å². The van der Waals surface area contributed by atoms with Crippen molar-refractivity contribution in [3.8, 4) is 5.75 Å². The highest BCUT2D eigenvalue weighted by Crippen LogP contribution is 2.30. The summed E-state index contributed by atoms with van der Waals surface area (Å²) < 4.78 is 9.86. The Hall–Kier alpha value is -3.57. The molecule has 7 N–H and O–H groups in total. The standard InChI is InChI=1S/C20H27N7O4/c1-2-30-20(29)31-16-9-4-3-8-14(16)26-27-15-10-11-17(24-18(15)23)25-19(28)13(22)7-5-6-12-21/h3-4,8-11,13H,2,5-7,12,21-22H2,1H3,(H3,23,24,25,28)/b27-26+/t13-/m0/s1. The number of hydrogen-bond donors (Lipinski definition) is 4. The van der Waals surface area contributed by atoms with Crippen LogP contribution in [0, 0.1) is 0 Å². The second-order valence-electron chi connectivity index (χ2n) is 6.43. The van der Waals surface area contributed by atoms with Crippen LogP contribution in [0.15, 0.2) is 46.6 Å². The monoisotopic (exact) mass is 429 g/mol. The van der Waals surface area contributed by atoms with E-state index in [-0.39, 0.29) is 35.6 Å².